The first-order valence-corrected chi connectivity index (χ1v) is 9.86. The van der Waals surface area contributed by atoms with Crippen molar-refractivity contribution in [3.05, 3.63) is 34.5 Å². The molecule has 0 spiro atoms. The van der Waals surface area contributed by atoms with Crippen LogP contribution in [0.2, 0.25) is 0 Å². The predicted octanol–water partition coefficient (Wildman–Crippen LogP) is 1.46. The molecule has 1 fully saturated rings. The average Bonchev–Trinajstić information content (AvgIpc) is 3.27. The maximum atomic E-state index is 12.3. The molecule has 0 bridgehead atoms. The van der Waals surface area contributed by atoms with Crippen LogP contribution in [0.4, 0.5) is 5.82 Å². The van der Waals surface area contributed by atoms with Crippen LogP contribution in [0.5, 0.6) is 0 Å². The van der Waals surface area contributed by atoms with E-state index in [1.807, 2.05) is 25.6 Å². The number of rotatable bonds is 6. The largest absolute Gasteiger partial charge is 0.355 e. The SMILES string of the molecule is CCc1nn(C)cc1CN[C@@H]1CCN(c2nc(C(=O)N(C)C)nc(C)c2C)C1. The number of hydrogen-bond donors (Lipinski definition) is 1. The number of carbonyl (C=O) groups is 1. The third-order valence-electron chi connectivity index (χ3n) is 5.36. The molecule has 8 heteroatoms. The van der Waals surface area contributed by atoms with Crippen LogP contribution in [0, 0.1) is 13.8 Å². The average molecular weight is 386 g/mol. The second-order valence-corrected chi connectivity index (χ2v) is 7.72. The van der Waals surface area contributed by atoms with E-state index in [2.05, 4.69) is 38.4 Å². The summed E-state index contributed by atoms with van der Waals surface area (Å²) in [6.45, 7) is 8.70. The molecule has 3 heterocycles. The molecule has 1 aliphatic rings. The standard InChI is InChI=1S/C20H31N7O/c1-7-17-15(11-26(6)24-17)10-21-16-8-9-27(12-16)19-13(2)14(3)22-18(23-19)20(28)25(4)5/h11,16,21H,7-10,12H2,1-6H3/t16-/m1/s1. The molecule has 1 aliphatic heterocycles. The highest BCUT2D eigenvalue weighted by molar-refractivity contribution is 5.90. The molecule has 0 aliphatic carbocycles. The van der Waals surface area contributed by atoms with Crippen molar-refractivity contribution in [1.82, 2.24) is 30.0 Å². The first-order chi connectivity index (χ1) is 13.3. The predicted molar refractivity (Wildman–Crippen MR) is 110 cm³/mol. The third kappa shape index (κ3) is 4.16. The Balaban J connectivity index is 1.70. The van der Waals surface area contributed by atoms with Gasteiger partial charge in [0, 0.05) is 69.8 Å². The molecule has 2 aromatic heterocycles. The van der Waals surface area contributed by atoms with Crippen LogP contribution in [-0.2, 0) is 20.0 Å². The summed E-state index contributed by atoms with van der Waals surface area (Å²) in [4.78, 5) is 25.1. The maximum absolute atomic E-state index is 12.3. The molecule has 1 N–H and O–H groups in total. The second kappa shape index (κ2) is 8.26. The van der Waals surface area contributed by atoms with Gasteiger partial charge in [0.05, 0.1) is 5.69 Å². The Kier molecular flexibility index (Phi) is 5.98. The Morgan fingerprint density at radius 2 is 2.07 bits per heavy atom. The quantitative estimate of drug-likeness (QED) is 0.811. The van der Waals surface area contributed by atoms with Crippen molar-refractivity contribution in [1.29, 1.82) is 0 Å². The number of nitrogens with zero attached hydrogens (tertiary/aromatic N) is 6. The molecule has 1 amide bonds. The fourth-order valence-electron chi connectivity index (χ4n) is 3.62. The molecule has 1 atom stereocenters. The lowest BCUT2D eigenvalue weighted by molar-refractivity contribution is 0.0815. The summed E-state index contributed by atoms with van der Waals surface area (Å²) in [5.41, 5.74) is 4.31. The molecule has 2 aromatic rings. The molecular formula is C20H31N7O. The molecule has 3 rings (SSSR count). The van der Waals surface area contributed by atoms with Crippen LogP contribution in [-0.4, -0.2) is 63.8 Å². The first kappa shape index (κ1) is 20.3. The highest BCUT2D eigenvalue weighted by Gasteiger charge is 2.27. The zero-order chi connectivity index (χ0) is 20.4. The fourth-order valence-corrected chi connectivity index (χ4v) is 3.62. The van der Waals surface area contributed by atoms with Crippen molar-refractivity contribution in [2.75, 3.05) is 32.1 Å². The van der Waals surface area contributed by atoms with E-state index in [0.717, 1.165) is 55.2 Å². The molecular weight excluding hydrogens is 354 g/mol. The zero-order valence-electron chi connectivity index (χ0n) is 17.8. The van der Waals surface area contributed by atoms with Crippen LogP contribution >= 0.6 is 0 Å². The molecule has 8 nitrogen and oxygen atoms in total. The number of nitrogens with one attached hydrogen (secondary N) is 1. The number of amides is 1. The van der Waals surface area contributed by atoms with Gasteiger partial charge in [-0.25, -0.2) is 9.97 Å². The van der Waals surface area contributed by atoms with Gasteiger partial charge in [-0.3, -0.25) is 9.48 Å². The van der Waals surface area contributed by atoms with Gasteiger partial charge in [-0.15, -0.1) is 0 Å². The Morgan fingerprint density at radius 3 is 2.75 bits per heavy atom. The van der Waals surface area contributed by atoms with E-state index in [0.29, 0.717) is 6.04 Å². The first-order valence-electron chi connectivity index (χ1n) is 9.86. The normalized spacial score (nSPS) is 16.6. The van der Waals surface area contributed by atoms with Gasteiger partial charge in [0.15, 0.2) is 0 Å². The van der Waals surface area contributed by atoms with Crippen molar-refractivity contribution in [2.24, 2.45) is 7.05 Å². The minimum absolute atomic E-state index is 0.165. The zero-order valence-corrected chi connectivity index (χ0v) is 17.8. The summed E-state index contributed by atoms with van der Waals surface area (Å²) in [7, 11) is 5.41. The number of hydrogen-bond acceptors (Lipinski definition) is 6. The van der Waals surface area contributed by atoms with Crippen LogP contribution in [0.25, 0.3) is 0 Å². The van der Waals surface area contributed by atoms with E-state index < -0.39 is 0 Å². The lowest BCUT2D eigenvalue weighted by atomic mass is 10.2. The van der Waals surface area contributed by atoms with Gasteiger partial charge in [0.25, 0.3) is 5.91 Å². The van der Waals surface area contributed by atoms with Gasteiger partial charge in [-0.05, 0) is 26.7 Å². The Bertz CT molecular complexity index is 858. The Hall–Kier alpha value is -2.48. The van der Waals surface area contributed by atoms with Gasteiger partial charge >= 0.3 is 0 Å². The van der Waals surface area contributed by atoms with E-state index in [4.69, 9.17) is 0 Å². The van der Waals surface area contributed by atoms with Crippen LogP contribution < -0.4 is 10.2 Å². The number of aryl methyl sites for hydroxylation is 3. The van der Waals surface area contributed by atoms with Crippen molar-refractivity contribution < 1.29 is 4.79 Å². The van der Waals surface area contributed by atoms with Crippen molar-refractivity contribution in [3.63, 3.8) is 0 Å². The lowest BCUT2D eigenvalue weighted by Crippen LogP contribution is -2.33. The van der Waals surface area contributed by atoms with Crippen LogP contribution in [0.15, 0.2) is 6.20 Å². The summed E-state index contributed by atoms with van der Waals surface area (Å²) in [6, 6.07) is 0.382. The summed E-state index contributed by atoms with van der Waals surface area (Å²) >= 11 is 0. The summed E-state index contributed by atoms with van der Waals surface area (Å²) in [5.74, 6) is 0.974. The summed E-state index contributed by atoms with van der Waals surface area (Å²) in [5, 5.41) is 8.17. The number of carbonyl (C=O) groups excluding carboxylic acids is 1. The van der Waals surface area contributed by atoms with Gasteiger partial charge in [0.1, 0.15) is 5.82 Å². The molecule has 0 saturated carbocycles. The summed E-state index contributed by atoms with van der Waals surface area (Å²) < 4.78 is 1.88. The monoisotopic (exact) mass is 385 g/mol. The maximum Gasteiger partial charge on any atom is 0.291 e. The molecule has 152 valence electrons. The fraction of sp³-hybridized carbons (Fsp3) is 0.600. The molecule has 1 saturated heterocycles. The second-order valence-electron chi connectivity index (χ2n) is 7.72. The van der Waals surface area contributed by atoms with Crippen molar-refractivity contribution >= 4 is 11.7 Å². The van der Waals surface area contributed by atoms with Gasteiger partial charge < -0.3 is 15.1 Å². The number of anilines is 1. The van der Waals surface area contributed by atoms with E-state index in [1.165, 1.54) is 10.5 Å². The number of aromatic nitrogens is 4. The van der Waals surface area contributed by atoms with Gasteiger partial charge in [0.2, 0.25) is 5.82 Å². The minimum Gasteiger partial charge on any atom is -0.355 e. The van der Waals surface area contributed by atoms with Crippen LogP contribution in [0.1, 0.15) is 46.5 Å². The Labute approximate surface area is 167 Å². The smallest absolute Gasteiger partial charge is 0.291 e. The van der Waals surface area contributed by atoms with Crippen LogP contribution in [0.3, 0.4) is 0 Å². The molecule has 0 aromatic carbocycles. The van der Waals surface area contributed by atoms with E-state index >= 15 is 0 Å². The third-order valence-corrected chi connectivity index (χ3v) is 5.36. The molecule has 0 radical (unpaired) electrons. The van der Waals surface area contributed by atoms with E-state index in [1.54, 1.807) is 14.1 Å². The summed E-state index contributed by atoms with van der Waals surface area (Å²) in [6.07, 6.45) is 4.08. The lowest BCUT2D eigenvalue weighted by Gasteiger charge is -2.22. The molecule has 0 unspecified atom stereocenters. The van der Waals surface area contributed by atoms with E-state index in [9.17, 15) is 4.79 Å². The van der Waals surface area contributed by atoms with Crippen molar-refractivity contribution in [3.8, 4) is 0 Å². The highest BCUT2D eigenvalue weighted by atomic mass is 16.2. The van der Waals surface area contributed by atoms with Gasteiger partial charge in [-0.2, -0.15) is 5.10 Å². The molecule has 28 heavy (non-hydrogen) atoms. The Morgan fingerprint density at radius 1 is 1.32 bits per heavy atom. The highest BCUT2D eigenvalue weighted by Crippen LogP contribution is 2.24. The van der Waals surface area contributed by atoms with E-state index in [-0.39, 0.29) is 11.7 Å². The minimum atomic E-state index is -0.165. The van der Waals surface area contributed by atoms with Gasteiger partial charge in [-0.1, -0.05) is 6.92 Å². The van der Waals surface area contributed by atoms with Crippen molar-refractivity contribution in [2.45, 2.75) is 46.2 Å². The topological polar surface area (TPSA) is 79.2 Å².